The minimum Gasteiger partial charge on any atom is -0.393 e. The lowest BCUT2D eigenvalue weighted by molar-refractivity contribution is -0.176. The second-order valence-corrected chi connectivity index (χ2v) is 1.26. The Morgan fingerprint density at radius 1 is 1.43 bits per heavy atom. The minimum atomic E-state index is -0.116. The first-order valence-corrected chi connectivity index (χ1v) is 2.15. The van der Waals surface area contributed by atoms with Crippen LogP contribution in [0.25, 0.3) is 0 Å². The summed E-state index contributed by atoms with van der Waals surface area (Å²) in [6.07, 6.45) is 0.745. The van der Waals surface area contributed by atoms with Crippen molar-refractivity contribution in [3.8, 4) is 0 Å². The van der Waals surface area contributed by atoms with Gasteiger partial charge in [-0.05, 0) is 13.3 Å². The average molecular weight is 108 g/mol. The number of aliphatic hydroxyl groups excluding tert-OH is 1. The Kier molecular flexibility index (Phi) is 13.3. The van der Waals surface area contributed by atoms with E-state index < -0.39 is 0 Å². The van der Waals surface area contributed by atoms with E-state index in [0.29, 0.717) is 0 Å². The van der Waals surface area contributed by atoms with Crippen LogP contribution in [0.2, 0.25) is 0 Å². The van der Waals surface area contributed by atoms with Crippen LogP contribution in [0.5, 0.6) is 0 Å². The Morgan fingerprint density at radius 3 is 1.57 bits per heavy atom. The van der Waals surface area contributed by atoms with Gasteiger partial charge in [-0.3, -0.25) is 10.5 Å². The standard InChI is InChI=1S/C4H10O.H2O2/c1-3-4(2)5;1-2/h4-5H,3H2,1-2H3;1-2H. The van der Waals surface area contributed by atoms with Gasteiger partial charge in [0.25, 0.3) is 0 Å². The van der Waals surface area contributed by atoms with E-state index in [2.05, 4.69) is 0 Å². The van der Waals surface area contributed by atoms with Crippen molar-refractivity contribution in [1.82, 2.24) is 0 Å². The smallest absolute Gasteiger partial charge is 0.0509 e. The third-order valence-electron chi connectivity index (χ3n) is 0.591. The van der Waals surface area contributed by atoms with E-state index in [9.17, 15) is 0 Å². The van der Waals surface area contributed by atoms with Gasteiger partial charge in [-0.1, -0.05) is 6.92 Å². The van der Waals surface area contributed by atoms with E-state index in [0.717, 1.165) is 6.42 Å². The summed E-state index contributed by atoms with van der Waals surface area (Å²) in [6, 6.07) is 0. The molecule has 0 bridgehead atoms. The molecule has 0 heterocycles. The Bertz CT molecular complexity index is 20.9. The summed E-state index contributed by atoms with van der Waals surface area (Å²) < 4.78 is 0. The highest BCUT2D eigenvalue weighted by Crippen LogP contribution is 1.81. The van der Waals surface area contributed by atoms with Gasteiger partial charge in [-0.25, -0.2) is 0 Å². The van der Waals surface area contributed by atoms with Crippen LogP contribution < -0.4 is 0 Å². The van der Waals surface area contributed by atoms with Crippen LogP contribution in [0.15, 0.2) is 0 Å². The fourth-order valence-corrected chi connectivity index (χ4v) is 0. The summed E-state index contributed by atoms with van der Waals surface area (Å²) in [5, 5.41) is 20.4. The van der Waals surface area contributed by atoms with Crippen molar-refractivity contribution < 1.29 is 15.6 Å². The van der Waals surface area contributed by atoms with Gasteiger partial charge in [-0.15, -0.1) is 0 Å². The van der Waals surface area contributed by atoms with Crippen molar-refractivity contribution in [2.24, 2.45) is 0 Å². The molecule has 0 aromatic carbocycles. The number of aliphatic hydroxyl groups is 1. The average Bonchev–Trinajstić information content (AvgIpc) is 1.73. The van der Waals surface area contributed by atoms with Gasteiger partial charge in [-0.2, -0.15) is 0 Å². The molecule has 0 radical (unpaired) electrons. The molecule has 0 aliphatic carbocycles. The first-order chi connectivity index (χ1) is 3.27. The van der Waals surface area contributed by atoms with Crippen molar-refractivity contribution in [3.63, 3.8) is 0 Å². The van der Waals surface area contributed by atoms with Crippen LogP contribution in [0, 0.1) is 0 Å². The van der Waals surface area contributed by atoms with Gasteiger partial charge in [0.05, 0.1) is 6.10 Å². The molecule has 1 atom stereocenters. The predicted octanol–water partition coefficient (Wildman–Crippen LogP) is 0.795. The van der Waals surface area contributed by atoms with Crippen molar-refractivity contribution in [3.05, 3.63) is 0 Å². The molecule has 0 spiro atoms. The maximum atomic E-state index is 8.36. The molecule has 0 aromatic rings. The van der Waals surface area contributed by atoms with E-state index >= 15 is 0 Å². The van der Waals surface area contributed by atoms with Crippen LogP contribution in [0.3, 0.4) is 0 Å². The van der Waals surface area contributed by atoms with Gasteiger partial charge in [0.2, 0.25) is 0 Å². The molecule has 1 unspecified atom stereocenters. The van der Waals surface area contributed by atoms with Crippen LogP contribution in [0.4, 0.5) is 0 Å². The molecular formula is C4H12O3. The van der Waals surface area contributed by atoms with E-state index in [1.165, 1.54) is 0 Å². The monoisotopic (exact) mass is 108 g/mol. The summed E-state index contributed by atoms with van der Waals surface area (Å²) >= 11 is 0. The molecule has 0 aromatic heterocycles. The van der Waals surface area contributed by atoms with Gasteiger partial charge >= 0.3 is 0 Å². The zero-order valence-electron chi connectivity index (χ0n) is 4.63. The molecule has 3 nitrogen and oxygen atoms in total. The summed E-state index contributed by atoms with van der Waals surface area (Å²) in [6.45, 7) is 3.73. The van der Waals surface area contributed by atoms with Crippen molar-refractivity contribution >= 4 is 0 Å². The molecule has 7 heavy (non-hydrogen) atoms. The summed E-state index contributed by atoms with van der Waals surface area (Å²) in [7, 11) is 0. The normalized spacial score (nSPS) is 11.6. The number of hydrogen-bond donors (Lipinski definition) is 3. The van der Waals surface area contributed by atoms with Gasteiger partial charge < -0.3 is 5.11 Å². The Labute approximate surface area is 43.2 Å². The number of hydrogen-bond acceptors (Lipinski definition) is 3. The lowest BCUT2D eigenvalue weighted by Crippen LogP contribution is -1.93. The predicted molar refractivity (Wildman–Crippen MR) is 27.2 cm³/mol. The molecule has 0 aliphatic heterocycles. The molecule has 3 N–H and O–H groups in total. The fraction of sp³-hybridized carbons (Fsp3) is 1.00. The highest BCUT2D eigenvalue weighted by molar-refractivity contribution is 4.34. The molecule has 3 heteroatoms. The van der Waals surface area contributed by atoms with Crippen molar-refractivity contribution in [1.29, 1.82) is 0 Å². The minimum absolute atomic E-state index is 0.116. The fourth-order valence-electron chi connectivity index (χ4n) is 0. The van der Waals surface area contributed by atoms with E-state index in [1.807, 2.05) is 6.92 Å². The number of rotatable bonds is 1. The van der Waals surface area contributed by atoms with E-state index in [4.69, 9.17) is 15.6 Å². The van der Waals surface area contributed by atoms with Crippen LogP contribution in [-0.4, -0.2) is 21.7 Å². The quantitative estimate of drug-likeness (QED) is 0.344. The third kappa shape index (κ3) is 25.0. The van der Waals surface area contributed by atoms with E-state index in [1.54, 1.807) is 6.92 Å². The molecule has 0 saturated heterocycles. The highest BCUT2D eigenvalue weighted by Gasteiger charge is 1.81. The van der Waals surface area contributed by atoms with Crippen LogP contribution in [0.1, 0.15) is 20.3 Å². The summed E-state index contributed by atoms with van der Waals surface area (Å²) in [5.41, 5.74) is 0. The Hall–Kier alpha value is -0.120. The van der Waals surface area contributed by atoms with Gasteiger partial charge in [0.1, 0.15) is 0 Å². The summed E-state index contributed by atoms with van der Waals surface area (Å²) in [5.74, 6) is 0. The SMILES string of the molecule is CCC(C)O.OO. The van der Waals surface area contributed by atoms with Gasteiger partial charge in [0, 0.05) is 0 Å². The molecule has 0 rings (SSSR count). The Balaban J connectivity index is 0. The zero-order valence-corrected chi connectivity index (χ0v) is 4.63. The first kappa shape index (κ1) is 9.99. The summed E-state index contributed by atoms with van der Waals surface area (Å²) in [4.78, 5) is 0. The highest BCUT2D eigenvalue weighted by atomic mass is 17.0. The molecule has 0 aliphatic rings. The maximum absolute atomic E-state index is 8.36. The van der Waals surface area contributed by atoms with Crippen LogP contribution >= 0.6 is 0 Å². The largest absolute Gasteiger partial charge is 0.393 e. The first-order valence-electron chi connectivity index (χ1n) is 2.15. The van der Waals surface area contributed by atoms with E-state index in [-0.39, 0.29) is 6.10 Å². The second-order valence-electron chi connectivity index (χ2n) is 1.26. The molecule has 0 fully saturated rings. The van der Waals surface area contributed by atoms with Crippen molar-refractivity contribution in [2.45, 2.75) is 26.4 Å². The van der Waals surface area contributed by atoms with Crippen LogP contribution in [-0.2, 0) is 0 Å². The molecule has 0 saturated carbocycles. The van der Waals surface area contributed by atoms with Gasteiger partial charge in [0.15, 0.2) is 0 Å². The zero-order chi connectivity index (χ0) is 6.28. The molecule has 0 amide bonds. The third-order valence-corrected chi connectivity index (χ3v) is 0.591. The molecule has 46 valence electrons. The molecular weight excluding hydrogens is 96.0 g/mol. The second kappa shape index (κ2) is 9.30. The van der Waals surface area contributed by atoms with Crippen molar-refractivity contribution in [2.75, 3.05) is 0 Å². The lowest BCUT2D eigenvalue weighted by atomic mass is 10.3. The topological polar surface area (TPSA) is 60.7 Å². The maximum Gasteiger partial charge on any atom is 0.0509 e. The Morgan fingerprint density at radius 2 is 1.57 bits per heavy atom. The lowest BCUT2D eigenvalue weighted by Gasteiger charge is -1.90.